The average molecular weight is 493 g/mol. The van der Waals surface area contributed by atoms with Crippen LogP contribution in [0.3, 0.4) is 0 Å². The van der Waals surface area contributed by atoms with Crippen LogP contribution in [-0.2, 0) is 32.5 Å². The Morgan fingerprint density at radius 2 is 1.76 bits per heavy atom. The third-order valence-corrected chi connectivity index (χ3v) is 9.63. The summed E-state index contributed by atoms with van der Waals surface area (Å²) >= 11 is 1.08. The van der Waals surface area contributed by atoms with Crippen LogP contribution in [0, 0.1) is 0 Å². The SMILES string of the molecule is COC(=O)c1c(S(=O)(=O)N2CCCCC2)sc2c1CCN(C(=O)C(C)Oc1ccccc1)C2. The summed E-state index contributed by atoms with van der Waals surface area (Å²) in [6, 6.07) is 9.13. The van der Waals surface area contributed by atoms with Crippen LogP contribution in [0.15, 0.2) is 34.5 Å². The number of nitrogens with zero attached hydrogens (tertiary/aromatic N) is 2. The molecule has 0 N–H and O–H groups in total. The number of esters is 1. The van der Waals surface area contributed by atoms with Crippen molar-refractivity contribution in [2.24, 2.45) is 0 Å². The number of amides is 1. The molecule has 0 bridgehead atoms. The van der Waals surface area contributed by atoms with E-state index in [9.17, 15) is 18.0 Å². The van der Waals surface area contributed by atoms with Gasteiger partial charge in [0.2, 0.25) is 0 Å². The number of benzene rings is 1. The molecule has 2 aromatic rings. The largest absolute Gasteiger partial charge is 0.481 e. The van der Waals surface area contributed by atoms with Crippen LogP contribution >= 0.6 is 11.3 Å². The predicted octanol–water partition coefficient (Wildman–Crippen LogP) is 3.06. The van der Waals surface area contributed by atoms with Gasteiger partial charge in [-0.1, -0.05) is 24.6 Å². The summed E-state index contributed by atoms with van der Waals surface area (Å²) in [6.07, 6.45) is 2.30. The Bertz CT molecular complexity index is 1120. The summed E-state index contributed by atoms with van der Waals surface area (Å²) < 4.78 is 39.0. The maximum Gasteiger partial charge on any atom is 0.340 e. The molecule has 1 unspecified atom stereocenters. The smallest absolute Gasteiger partial charge is 0.340 e. The third kappa shape index (κ3) is 4.78. The molecule has 3 heterocycles. The highest BCUT2D eigenvalue weighted by Crippen LogP contribution is 2.38. The standard InChI is InChI=1S/C23H28N2O6S2/c1-16(31-17-9-5-3-6-10-17)21(26)24-14-11-18-19(15-24)32-23(20(18)22(27)30-2)33(28,29)25-12-7-4-8-13-25/h3,5-6,9-10,16H,4,7-8,11-15H2,1-2H3. The first kappa shape index (κ1) is 23.7. The number of carbonyl (C=O) groups is 2. The molecule has 0 spiro atoms. The van der Waals surface area contributed by atoms with E-state index in [0.29, 0.717) is 42.2 Å². The number of fused-ring (bicyclic) bond motifs is 1. The maximum atomic E-state index is 13.4. The Hall–Kier alpha value is -2.43. The number of piperidine rings is 1. The quantitative estimate of drug-likeness (QED) is 0.576. The van der Waals surface area contributed by atoms with Crippen LogP contribution in [0.4, 0.5) is 0 Å². The van der Waals surface area contributed by atoms with E-state index in [0.717, 1.165) is 30.6 Å². The van der Waals surface area contributed by atoms with E-state index in [2.05, 4.69) is 0 Å². The van der Waals surface area contributed by atoms with Crippen molar-refractivity contribution in [1.82, 2.24) is 9.21 Å². The van der Waals surface area contributed by atoms with Gasteiger partial charge >= 0.3 is 5.97 Å². The molecule has 1 aromatic carbocycles. The Morgan fingerprint density at radius 3 is 2.42 bits per heavy atom. The molecule has 1 aromatic heterocycles. The average Bonchev–Trinajstić information content (AvgIpc) is 3.24. The Balaban J connectivity index is 1.60. The molecular weight excluding hydrogens is 464 g/mol. The number of sulfonamides is 1. The highest BCUT2D eigenvalue weighted by Gasteiger charge is 2.38. The van der Waals surface area contributed by atoms with Crippen molar-refractivity contribution in [2.75, 3.05) is 26.7 Å². The van der Waals surface area contributed by atoms with Gasteiger partial charge < -0.3 is 14.4 Å². The molecule has 2 aliphatic rings. The second kappa shape index (κ2) is 9.82. The molecule has 1 atom stereocenters. The number of ether oxygens (including phenoxy) is 2. The van der Waals surface area contributed by atoms with Crippen LogP contribution < -0.4 is 4.74 Å². The van der Waals surface area contributed by atoms with Gasteiger partial charge in [-0.05, 0) is 43.9 Å². The Morgan fingerprint density at radius 1 is 1.06 bits per heavy atom. The zero-order valence-electron chi connectivity index (χ0n) is 18.8. The molecule has 1 amide bonds. The van der Waals surface area contributed by atoms with Gasteiger partial charge in [-0.25, -0.2) is 13.2 Å². The summed E-state index contributed by atoms with van der Waals surface area (Å²) in [5.41, 5.74) is 0.798. The van der Waals surface area contributed by atoms with E-state index >= 15 is 0 Å². The van der Waals surface area contributed by atoms with E-state index in [-0.39, 0.29) is 22.2 Å². The van der Waals surface area contributed by atoms with Crippen molar-refractivity contribution in [2.45, 2.75) is 49.5 Å². The molecule has 10 heteroatoms. The van der Waals surface area contributed by atoms with Crippen molar-refractivity contribution >= 4 is 33.2 Å². The maximum absolute atomic E-state index is 13.4. The summed E-state index contributed by atoms with van der Waals surface area (Å²) in [5, 5.41) is 0. The van der Waals surface area contributed by atoms with Crippen molar-refractivity contribution in [1.29, 1.82) is 0 Å². The van der Waals surface area contributed by atoms with Gasteiger partial charge in [0.25, 0.3) is 15.9 Å². The van der Waals surface area contributed by atoms with Crippen LogP contribution in [0.25, 0.3) is 0 Å². The van der Waals surface area contributed by atoms with Crippen LogP contribution in [-0.4, -0.2) is 62.3 Å². The van der Waals surface area contributed by atoms with E-state index in [1.165, 1.54) is 11.4 Å². The van der Waals surface area contributed by atoms with Gasteiger partial charge in [0.1, 0.15) is 9.96 Å². The third-order valence-electron chi connectivity index (χ3n) is 6.02. The lowest BCUT2D eigenvalue weighted by atomic mass is 10.0. The molecule has 0 aliphatic carbocycles. The van der Waals surface area contributed by atoms with Crippen LogP contribution in [0.1, 0.15) is 47.0 Å². The topological polar surface area (TPSA) is 93.2 Å². The number of hydrogen-bond acceptors (Lipinski definition) is 7. The normalized spacial score (nSPS) is 17.8. The zero-order valence-corrected chi connectivity index (χ0v) is 20.4. The number of hydrogen-bond donors (Lipinski definition) is 0. The number of rotatable bonds is 6. The van der Waals surface area contributed by atoms with Gasteiger partial charge in [0, 0.05) is 24.5 Å². The summed E-state index contributed by atoms with van der Waals surface area (Å²) in [7, 11) is -2.56. The molecule has 0 saturated carbocycles. The van der Waals surface area contributed by atoms with Crippen LogP contribution in [0.2, 0.25) is 0 Å². The highest BCUT2D eigenvalue weighted by atomic mass is 32.2. The number of thiophene rings is 1. The first-order chi connectivity index (χ1) is 15.8. The Kier molecular flexibility index (Phi) is 7.06. The monoisotopic (exact) mass is 492 g/mol. The summed E-state index contributed by atoms with van der Waals surface area (Å²) in [5.74, 6) is -0.225. The molecule has 1 fully saturated rings. The van der Waals surface area contributed by atoms with Gasteiger partial charge in [-0.15, -0.1) is 11.3 Å². The van der Waals surface area contributed by atoms with E-state index < -0.39 is 22.1 Å². The van der Waals surface area contributed by atoms with Gasteiger partial charge in [0.15, 0.2) is 6.10 Å². The second-order valence-electron chi connectivity index (χ2n) is 8.21. The molecule has 0 radical (unpaired) electrons. The summed E-state index contributed by atoms with van der Waals surface area (Å²) in [6.45, 7) is 3.21. The molecule has 4 rings (SSSR count). The molecule has 33 heavy (non-hydrogen) atoms. The number of carbonyl (C=O) groups excluding carboxylic acids is 2. The fourth-order valence-corrected chi connectivity index (χ4v) is 7.85. The van der Waals surface area contributed by atoms with Crippen LogP contribution in [0.5, 0.6) is 5.75 Å². The van der Waals surface area contributed by atoms with Crippen molar-refractivity contribution in [3.63, 3.8) is 0 Å². The van der Waals surface area contributed by atoms with Crippen molar-refractivity contribution in [3.05, 3.63) is 46.3 Å². The highest BCUT2D eigenvalue weighted by molar-refractivity contribution is 7.91. The van der Waals surface area contributed by atoms with E-state index in [1.54, 1.807) is 24.0 Å². The van der Waals surface area contributed by atoms with Gasteiger partial charge in [-0.3, -0.25) is 4.79 Å². The lowest BCUT2D eigenvalue weighted by molar-refractivity contribution is -0.138. The first-order valence-electron chi connectivity index (χ1n) is 11.1. The molecular formula is C23H28N2O6S2. The molecule has 8 nitrogen and oxygen atoms in total. The minimum absolute atomic E-state index is 0.0316. The number of methoxy groups -OCH3 is 1. The fraction of sp³-hybridized carbons (Fsp3) is 0.478. The zero-order chi connectivity index (χ0) is 23.6. The second-order valence-corrected chi connectivity index (χ2v) is 11.4. The minimum Gasteiger partial charge on any atom is -0.481 e. The van der Waals surface area contributed by atoms with Gasteiger partial charge in [-0.2, -0.15) is 4.31 Å². The molecule has 178 valence electrons. The predicted molar refractivity (Wildman–Crippen MR) is 124 cm³/mol. The Labute approximate surface area is 198 Å². The summed E-state index contributed by atoms with van der Waals surface area (Å²) in [4.78, 5) is 28.0. The number of para-hydroxylation sites is 1. The molecule has 1 saturated heterocycles. The minimum atomic E-state index is -3.81. The van der Waals surface area contributed by atoms with Crippen molar-refractivity contribution in [3.8, 4) is 5.75 Å². The van der Waals surface area contributed by atoms with Gasteiger partial charge in [0.05, 0.1) is 19.2 Å². The first-order valence-corrected chi connectivity index (χ1v) is 13.3. The van der Waals surface area contributed by atoms with E-state index in [1.807, 2.05) is 18.2 Å². The molecule has 2 aliphatic heterocycles. The lowest BCUT2D eigenvalue weighted by Crippen LogP contribution is -2.43. The fourth-order valence-electron chi connectivity index (χ4n) is 4.29. The van der Waals surface area contributed by atoms with Crippen molar-refractivity contribution < 1.29 is 27.5 Å². The van der Waals surface area contributed by atoms with E-state index in [4.69, 9.17) is 9.47 Å². The lowest BCUT2D eigenvalue weighted by Gasteiger charge is -2.29.